The van der Waals surface area contributed by atoms with Gasteiger partial charge in [0.25, 0.3) is 0 Å². The second-order valence-corrected chi connectivity index (χ2v) is 46.2. The van der Waals surface area contributed by atoms with Crippen molar-refractivity contribution in [3.8, 4) is 0 Å². The van der Waals surface area contributed by atoms with E-state index in [4.69, 9.17) is 62.8 Å². The summed E-state index contributed by atoms with van der Waals surface area (Å²) >= 11 is 10.0. The van der Waals surface area contributed by atoms with Crippen LogP contribution in [0.4, 0.5) is 0 Å². The van der Waals surface area contributed by atoms with Gasteiger partial charge in [-0.25, -0.2) is 4.57 Å². The predicted molar refractivity (Wildman–Crippen MR) is 512 cm³/mol. The minimum atomic E-state index is -4.32. The molecule has 47 heteroatoms. The van der Waals surface area contributed by atoms with Gasteiger partial charge in [0.05, 0.1) is 77.6 Å². The number of hydrogen-bond acceptors (Lipinski definition) is 32. The van der Waals surface area contributed by atoms with Crippen LogP contribution in [0.5, 0.6) is 0 Å². The molecule has 9 amide bonds. The van der Waals surface area contributed by atoms with Crippen LogP contribution in [0.3, 0.4) is 0 Å². The molecule has 16 unspecified atom stereocenters. The van der Waals surface area contributed by atoms with Crippen molar-refractivity contribution in [1.29, 1.82) is 0 Å². The van der Waals surface area contributed by atoms with Crippen molar-refractivity contribution >= 4 is 98.3 Å². The number of likely N-dealkylation sites (tertiary alicyclic amines) is 3. The van der Waals surface area contributed by atoms with Crippen LogP contribution in [-0.4, -0.2) is 355 Å². The summed E-state index contributed by atoms with van der Waals surface area (Å²) in [6.07, 6.45) is 11.2. The average Bonchev–Trinajstić information content (AvgIpc) is 0.715. The Hall–Kier alpha value is -4.19. The quantitative estimate of drug-likeness (QED) is 0.0225. The molecule has 798 valence electrons. The monoisotopic (exact) mass is 2070 g/mol. The Morgan fingerprint density at radius 3 is 1.06 bits per heavy atom. The zero-order chi connectivity index (χ0) is 101. The number of fused-ring (bicyclic) bond motifs is 1. The number of carbonyl (C=O) groups is 9. The topological polar surface area (TPSA) is 594 Å². The molecule has 16 atom stereocenters. The van der Waals surface area contributed by atoms with Crippen LogP contribution in [0.1, 0.15) is 264 Å². The molecule has 0 radical (unpaired) electrons. The molecule has 6 aliphatic heterocycles. The number of nitrogens with zero attached hydrogens (tertiary/aromatic N) is 3. The highest BCUT2D eigenvalue weighted by Crippen LogP contribution is 2.58. The second-order valence-electron chi connectivity index (χ2n) is 38.6. The molecule has 42 nitrogen and oxygen atoms in total. The van der Waals surface area contributed by atoms with Crippen LogP contribution in [0.25, 0.3) is 0 Å². The van der Waals surface area contributed by atoms with Gasteiger partial charge in [0.2, 0.25) is 53.2 Å². The maximum absolute atomic E-state index is 14.4. The summed E-state index contributed by atoms with van der Waals surface area (Å²) < 4.78 is 90.0. The van der Waals surface area contributed by atoms with Crippen LogP contribution in [0.2, 0.25) is 0 Å². The van der Waals surface area contributed by atoms with E-state index in [2.05, 4.69) is 44.1 Å². The van der Waals surface area contributed by atoms with Gasteiger partial charge in [-0.1, -0.05) is 57.7 Å². The van der Waals surface area contributed by atoms with Crippen molar-refractivity contribution in [1.82, 2.24) is 46.6 Å². The van der Waals surface area contributed by atoms with E-state index < -0.39 is 124 Å². The number of rotatable bonds is 73. The summed E-state index contributed by atoms with van der Waals surface area (Å²) in [5.41, 5.74) is -4.11. The number of piperidine rings is 3. The average molecular weight is 2070 g/mol. The van der Waals surface area contributed by atoms with Gasteiger partial charge in [0.1, 0.15) is 36.1 Å². The number of thiol groups is 1. The molecule has 0 aromatic rings. The van der Waals surface area contributed by atoms with Crippen molar-refractivity contribution in [2.75, 3.05) is 164 Å². The number of carbonyl (C=O) groups excluding carboxylic acids is 9. The van der Waals surface area contributed by atoms with Crippen molar-refractivity contribution < 1.29 is 159 Å². The molecule has 0 bridgehead atoms. The number of ether oxygens (including phenoxy) is 6. The lowest BCUT2D eigenvalue weighted by Crippen LogP contribution is -2.84. The predicted octanol–water partition coefficient (Wildman–Crippen LogP) is 4.56. The van der Waals surface area contributed by atoms with Gasteiger partial charge in [-0.15, -0.1) is 0 Å². The lowest BCUT2D eigenvalue weighted by atomic mass is 9.60. The number of aliphatic hydroxyl groups excluding tert-OH is 9. The molecule has 1 saturated carbocycles. The third-order valence-electron chi connectivity index (χ3n) is 27.4. The van der Waals surface area contributed by atoms with Gasteiger partial charge in [-0.05, 0) is 172 Å². The van der Waals surface area contributed by atoms with Crippen LogP contribution >= 0.6 is 33.4 Å². The lowest BCUT2D eigenvalue weighted by molar-refractivity contribution is -0.460. The molecule has 1 aliphatic carbocycles. The minimum Gasteiger partial charge on any atom is -0.396 e. The summed E-state index contributed by atoms with van der Waals surface area (Å²) in [5.74, 6) is -1.32. The summed E-state index contributed by atoms with van der Waals surface area (Å²) in [5, 5.41) is 106. The third kappa shape index (κ3) is 43.5. The Kier molecular flexibility index (Phi) is 55.5. The van der Waals surface area contributed by atoms with E-state index >= 15 is 0 Å². The minimum absolute atomic E-state index is 0.0517. The third-order valence-corrected chi connectivity index (χ3v) is 31.2. The summed E-state index contributed by atoms with van der Waals surface area (Å²) in [7, 11) is -4.05. The number of hydrogen-bond donors (Lipinski definition) is 18. The Morgan fingerprint density at radius 2 is 0.710 bits per heavy atom. The van der Waals surface area contributed by atoms with Crippen molar-refractivity contribution in [3.63, 3.8) is 0 Å². The molecule has 138 heavy (non-hydrogen) atoms. The molecule has 7 fully saturated rings. The SMILES string of the molecule is CC1CC(OCCCCC(=O)NCCCCCC(=O)NCCCCCC(=O)N2CCC(COP(=O)(S)OCC3(COP(C)(=O)O)CCN(C(=O)CCCCCNC(=O)CCCCCNC(=O)CCCCOC4OC(CO)C(O)C4O)CC3)(COP(O)(=S)OCC3(CO)CCN(C(=O)CCCCCNC(=O)CCCCCNC(=O)CCCCOC4OC5(CO)C(O)C(O)C45)CC3)CC2)OC(CO)C1O. The first-order valence-corrected chi connectivity index (χ1v) is 57.5. The zero-order valence-corrected chi connectivity index (χ0v) is 85.5. The van der Waals surface area contributed by atoms with E-state index in [9.17, 15) is 108 Å². The van der Waals surface area contributed by atoms with Gasteiger partial charge in [-0.3, -0.25) is 47.7 Å². The van der Waals surface area contributed by atoms with Crippen LogP contribution < -0.4 is 31.9 Å². The van der Waals surface area contributed by atoms with E-state index in [-0.39, 0.29) is 183 Å². The van der Waals surface area contributed by atoms with Crippen molar-refractivity contribution in [3.05, 3.63) is 0 Å². The van der Waals surface area contributed by atoms with E-state index in [0.29, 0.717) is 245 Å². The lowest BCUT2D eigenvalue weighted by Gasteiger charge is -2.65. The molecule has 0 spiro atoms. The van der Waals surface area contributed by atoms with E-state index in [0.717, 1.165) is 38.8 Å². The molecule has 7 rings (SSSR count). The summed E-state index contributed by atoms with van der Waals surface area (Å²) in [6.45, 7) is -3.20. The molecule has 0 aromatic heterocycles. The number of amides is 9. The highest BCUT2D eigenvalue weighted by Gasteiger charge is 2.74. The fourth-order valence-corrected chi connectivity index (χ4v) is 21.0. The highest BCUT2D eigenvalue weighted by molar-refractivity contribution is 8.44. The van der Waals surface area contributed by atoms with Gasteiger partial charge in [0, 0.05) is 185 Å². The Bertz CT molecular complexity index is 3780. The molecule has 6 heterocycles. The van der Waals surface area contributed by atoms with E-state index in [1.165, 1.54) is 0 Å². The molecule has 6 saturated heterocycles. The molecular formula is C91H164N9O33P3S2. The van der Waals surface area contributed by atoms with Gasteiger partial charge in [0.15, 0.2) is 18.9 Å². The second kappa shape index (κ2) is 63.4. The zero-order valence-electron chi connectivity index (χ0n) is 81.1. The maximum atomic E-state index is 14.4. The van der Waals surface area contributed by atoms with Crippen molar-refractivity contribution in [2.45, 2.75) is 331 Å². The fraction of sp³-hybridized carbons (Fsp3) is 0.901. The normalized spacial score (nSPS) is 25.7. The number of nitrogens with one attached hydrogen (secondary N) is 6. The van der Waals surface area contributed by atoms with E-state index in [1.807, 2.05) is 6.92 Å². The Morgan fingerprint density at radius 1 is 0.391 bits per heavy atom. The first-order valence-electron chi connectivity index (χ1n) is 50.2. The van der Waals surface area contributed by atoms with Gasteiger partial charge in [-0.2, -0.15) is 0 Å². The molecule has 17 N–H and O–H groups in total. The summed E-state index contributed by atoms with van der Waals surface area (Å²) in [4.78, 5) is 143. The number of unbranched alkanes of at least 4 members (excludes halogenated alkanes) is 15. The van der Waals surface area contributed by atoms with Crippen molar-refractivity contribution in [2.24, 2.45) is 28.1 Å². The van der Waals surface area contributed by atoms with Gasteiger partial charge < -0.3 is 153 Å². The van der Waals surface area contributed by atoms with Crippen LogP contribution in [0.15, 0.2) is 0 Å². The standard InChI is InChI=1S/C91H164N9O33P3S2/c1-67-57-79(131-68(58-101)81(67)114)123-54-24-15-30-73(108)95-42-18-3-9-27-71(106)94-47-23-8-14-35-78(113)100-52-40-90(41-53-100,65-129-135(121,137)127-62-88(60-103)36-48-98(49-37-88)76(111)33-12-6-21-45-92-70(105)28-10-4-19-43-96-74(109)31-16-25-55-124-86-80-83(116)85(118)91(80,61-104)133-86)66-130-136(122,138)128-64-89(63-126-134(2,119)120)38-50-99(51-39-89)77(112)34-13-7-22-46-93-72(107)29-11-5-20-44-97-75(110)32-17-26-56-125-87-84(117)82(115)69(59-102)132-87/h67-69,79-87,101-104,114-118H,3-66H2,1-2H3,(H,92,105)(H,93,107)(H,94,106)(H,95,108)(H,96,109)(H,97,110)(H,119,120)(H,121,137)(H,122,138). The number of aliphatic hydroxyl groups is 9. The van der Waals surface area contributed by atoms with Crippen LogP contribution in [-0.2, 0) is 115 Å². The molecule has 0 aromatic carbocycles. The molecule has 7 aliphatic rings. The first kappa shape index (κ1) is 121. The van der Waals surface area contributed by atoms with E-state index in [1.54, 1.807) is 14.7 Å². The highest BCUT2D eigenvalue weighted by atomic mass is 32.7. The first-order chi connectivity index (χ1) is 65.9. The largest absolute Gasteiger partial charge is 0.396 e. The maximum Gasteiger partial charge on any atom is 0.386 e. The smallest absolute Gasteiger partial charge is 0.386 e. The summed E-state index contributed by atoms with van der Waals surface area (Å²) in [6, 6.07) is 0. The van der Waals surface area contributed by atoms with Crippen LogP contribution in [0, 0.1) is 28.1 Å². The Labute approximate surface area is 823 Å². The van der Waals surface area contributed by atoms with Gasteiger partial charge >= 0.3 is 21.1 Å². The Balaban J connectivity index is 0.781. The molecular weight excluding hydrogens is 1900 g/mol. The fourth-order valence-electron chi connectivity index (χ4n) is 17.9.